The molecule has 6 nitrogen and oxygen atoms in total. The zero-order valence-electron chi connectivity index (χ0n) is 13.0. The summed E-state index contributed by atoms with van der Waals surface area (Å²) in [6.45, 7) is 2.26. The Bertz CT molecular complexity index is 550. The molecule has 2 unspecified atom stereocenters. The summed E-state index contributed by atoms with van der Waals surface area (Å²) < 4.78 is 0. The minimum atomic E-state index is -0.547. The van der Waals surface area contributed by atoms with Crippen LogP contribution in [0.5, 0.6) is 0 Å². The molecule has 7 heteroatoms. The van der Waals surface area contributed by atoms with Gasteiger partial charge in [0.1, 0.15) is 0 Å². The van der Waals surface area contributed by atoms with E-state index in [1.807, 2.05) is 24.3 Å². The monoisotopic (exact) mass is 338 g/mol. The quantitative estimate of drug-likeness (QED) is 0.775. The van der Waals surface area contributed by atoms with Crippen molar-refractivity contribution in [3.8, 4) is 0 Å². The number of benzene rings is 1. The number of carbonyl (C=O) groups excluding carboxylic acids is 2. The van der Waals surface area contributed by atoms with Gasteiger partial charge < -0.3 is 21.3 Å². The molecule has 2 atom stereocenters. The van der Waals surface area contributed by atoms with Crippen molar-refractivity contribution in [2.75, 3.05) is 13.1 Å². The molecule has 0 aliphatic carbocycles. The van der Waals surface area contributed by atoms with Crippen molar-refractivity contribution in [2.24, 2.45) is 5.73 Å². The van der Waals surface area contributed by atoms with Gasteiger partial charge in [0.15, 0.2) is 0 Å². The lowest BCUT2D eigenvalue weighted by molar-refractivity contribution is 0.0680. The van der Waals surface area contributed by atoms with Crippen LogP contribution in [0.4, 0.5) is 4.79 Å². The maximum Gasteiger partial charge on any atom is 0.312 e. The molecule has 1 aromatic carbocycles. The first-order valence-corrected chi connectivity index (χ1v) is 7.81. The number of nitrogens with two attached hydrogens (primary N) is 1. The first-order chi connectivity index (χ1) is 10.6. The van der Waals surface area contributed by atoms with E-state index in [0.717, 1.165) is 37.9 Å². The van der Waals surface area contributed by atoms with Crippen molar-refractivity contribution in [2.45, 2.75) is 37.9 Å². The molecule has 0 spiro atoms. The highest BCUT2D eigenvalue weighted by atomic mass is 35.5. The highest BCUT2D eigenvalue weighted by Crippen LogP contribution is 2.29. The van der Waals surface area contributed by atoms with Crippen molar-refractivity contribution in [1.29, 1.82) is 0 Å². The van der Waals surface area contributed by atoms with Gasteiger partial charge in [-0.3, -0.25) is 4.79 Å². The van der Waals surface area contributed by atoms with E-state index in [1.54, 1.807) is 0 Å². The van der Waals surface area contributed by atoms with E-state index in [-0.39, 0.29) is 18.3 Å². The summed E-state index contributed by atoms with van der Waals surface area (Å²) in [4.78, 5) is 25.6. The summed E-state index contributed by atoms with van der Waals surface area (Å²) in [7, 11) is 0. The Morgan fingerprint density at radius 2 is 1.87 bits per heavy atom. The molecule has 2 heterocycles. The van der Waals surface area contributed by atoms with Crippen molar-refractivity contribution in [3.63, 3.8) is 0 Å². The first-order valence-electron chi connectivity index (χ1n) is 7.81. The van der Waals surface area contributed by atoms with Gasteiger partial charge >= 0.3 is 6.03 Å². The van der Waals surface area contributed by atoms with E-state index in [0.29, 0.717) is 24.2 Å². The molecule has 0 saturated carbocycles. The van der Waals surface area contributed by atoms with Crippen LogP contribution in [-0.4, -0.2) is 42.0 Å². The maximum atomic E-state index is 12.8. The fourth-order valence-corrected chi connectivity index (χ4v) is 3.42. The van der Waals surface area contributed by atoms with Gasteiger partial charge in [-0.15, -0.1) is 12.4 Å². The van der Waals surface area contributed by atoms with Gasteiger partial charge in [0.25, 0.3) is 5.91 Å². The van der Waals surface area contributed by atoms with Gasteiger partial charge in [0.2, 0.25) is 0 Å². The summed E-state index contributed by atoms with van der Waals surface area (Å²) in [5.74, 6) is 0.116. The molecule has 2 bridgehead atoms. The number of fused-ring (bicyclic) bond motifs is 2. The molecule has 3 amide bonds. The summed E-state index contributed by atoms with van der Waals surface area (Å²) in [6.07, 6.45) is 3.23. The maximum absolute atomic E-state index is 12.8. The molecule has 2 aliphatic heterocycles. The smallest absolute Gasteiger partial charge is 0.312 e. The number of hydrogen-bond acceptors (Lipinski definition) is 3. The van der Waals surface area contributed by atoms with Gasteiger partial charge in [-0.25, -0.2) is 4.79 Å². The number of nitrogens with one attached hydrogen (secondary N) is 2. The second-order valence-corrected chi connectivity index (χ2v) is 6.00. The third kappa shape index (κ3) is 3.95. The average Bonchev–Trinajstić information content (AvgIpc) is 2.78. The Hall–Kier alpha value is -1.79. The van der Waals surface area contributed by atoms with E-state index in [4.69, 9.17) is 5.73 Å². The third-order valence-corrected chi connectivity index (χ3v) is 4.56. The van der Waals surface area contributed by atoms with Crippen LogP contribution in [0, 0.1) is 0 Å². The van der Waals surface area contributed by atoms with Crippen LogP contribution >= 0.6 is 12.4 Å². The Kier molecular flexibility index (Phi) is 5.85. The number of urea groups is 1. The Morgan fingerprint density at radius 1 is 1.17 bits per heavy atom. The lowest BCUT2D eigenvalue weighted by Gasteiger charge is -2.28. The number of rotatable bonds is 3. The number of halogens is 1. The predicted octanol–water partition coefficient (Wildman–Crippen LogP) is 1.24. The minimum absolute atomic E-state index is 0. The van der Waals surface area contributed by atoms with E-state index in [2.05, 4.69) is 15.5 Å². The molecular weight excluding hydrogens is 316 g/mol. The van der Waals surface area contributed by atoms with Crippen LogP contribution in [0.15, 0.2) is 24.3 Å². The molecule has 0 radical (unpaired) electrons. The summed E-state index contributed by atoms with van der Waals surface area (Å²) in [5.41, 5.74) is 6.69. The summed E-state index contributed by atoms with van der Waals surface area (Å²) >= 11 is 0. The van der Waals surface area contributed by atoms with Gasteiger partial charge in [-0.2, -0.15) is 0 Å². The molecular formula is C16H23ClN4O2. The Balaban J connectivity index is 0.00000192. The largest absolute Gasteiger partial charge is 0.352 e. The van der Waals surface area contributed by atoms with Gasteiger partial charge in [-0.05, 0) is 43.5 Å². The summed E-state index contributed by atoms with van der Waals surface area (Å²) in [6, 6.07) is 7.52. The molecule has 2 saturated heterocycles. The van der Waals surface area contributed by atoms with Crippen molar-refractivity contribution in [1.82, 2.24) is 15.5 Å². The normalized spacial score (nSPS) is 22.9. The topological polar surface area (TPSA) is 87.5 Å². The van der Waals surface area contributed by atoms with Crippen LogP contribution in [0.2, 0.25) is 0 Å². The van der Waals surface area contributed by atoms with Crippen LogP contribution < -0.4 is 16.4 Å². The molecule has 1 aromatic rings. The third-order valence-electron chi connectivity index (χ3n) is 4.56. The fraction of sp³-hybridized carbons (Fsp3) is 0.500. The van der Waals surface area contributed by atoms with Crippen LogP contribution in [-0.2, 0) is 6.54 Å². The number of carbonyl (C=O) groups is 2. The fourth-order valence-electron chi connectivity index (χ4n) is 3.42. The van der Waals surface area contributed by atoms with Gasteiger partial charge in [0, 0.05) is 30.7 Å². The molecule has 23 heavy (non-hydrogen) atoms. The second kappa shape index (κ2) is 7.66. The van der Waals surface area contributed by atoms with E-state index in [9.17, 15) is 9.59 Å². The van der Waals surface area contributed by atoms with Crippen molar-refractivity contribution < 1.29 is 9.59 Å². The molecule has 2 aliphatic rings. The molecule has 126 valence electrons. The highest BCUT2D eigenvalue weighted by molar-refractivity contribution is 5.95. The second-order valence-electron chi connectivity index (χ2n) is 6.00. The van der Waals surface area contributed by atoms with Gasteiger partial charge in [0.05, 0.1) is 0 Å². The van der Waals surface area contributed by atoms with E-state index >= 15 is 0 Å². The summed E-state index contributed by atoms with van der Waals surface area (Å²) in [5, 5.41) is 5.95. The van der Waals surface area contributed by atoms with Crippen molar-refractivity contribution in [3.05, 3.63) is 35.4 Å². The molecule has 0 aromatic heterocycles. The standard InChI is InChI=1S/C16H22N4O2.ClH/c17-16(22)19-9-11-1-3-12(4-2-11)15(21)20-13-5-6-14(20)10-18-8-7-13;/h1-4,13-14,18H,5-10H2,(H3,17,19,22);1H. The molecule has 2 fully saturated rings. The van der Waals surface area contributed by atoms with Gasteiger partial charge in [-0.1, -0.05) is 12.1 Å². The van der Waals surface area contributed by atoms with Crippen LogP contribution in [0.1, 0.15) is 35.2 Å². The Morgan fingerprint density at radius 3 is 2.57 bits per heavy atom. The number of primary amides is 1. The van der Waals surface area contributed by atoms with E-state index in [1.165, 1.54) is 0 Å². The zero-order chi connectivity index (χ0) is 15.5. The zero-order valence-corrected chi connectivity index (χ0v) is 13.8. The Labute approximate surface area is 142 Å². The minimum Gasteiger partial charge on any atom is -0.352 e. The average molecular weight is 339 g/mol. The SMILES string of the molecule is Cl.NC(=O)NCc1ccc(C(=O)N2C3CCNCC2CC3)cc1. The lowest BCUT2D eigenvalue weighted by atomic mass is 10.1. The molecule has 3 rings (SSSR count). The lowest BCUT2D eigenvalue weighted by Crippen LogP contribution is -2.42. The first kappa shape index (κ1) is 17.6. The number of amides is 3. The number of hydrogen-bond donors (Lipinski definition) is 3. The van der Waals surface area contributed by atoms with Crippen LogP contribution in [0.25, 0.3) is 0 Å². The van der Waals surface area contributed by atoms with E-state index < -0.39 is 6.03 Å². The van der Waals surface area contributed by atoms with Crippen molar-refractivity contribution >= 4 is 24.3 Å². The highest BCUT2D eigenvalue weighted by Gasteiger charge is 2.38. The predicted molar refractivity (Wildman–Crippen MR) is 90.6 cm³/mol. The number of nitrogens with zero attached hydrogens (tertiary/aromatic N) is 1. The molecule has 4 N–H and O–H groups in total. The van der Waals surface area contributed by atoms with Crippen LogP contribution in [0.3, 0.4) is 0 Å².